The van der Waals surface area contributed by atoms with Crippen LogP contribution in [0.3, 0.4) is 0 Å². The molecule has 2 aliphatic heterocycles. The third-order valence-electron chi connectivity index (χ3n) is 4.46. The van der Waals surface area contributed by atoms with Crippen LogP contribution in [0.2, 0.25) is 0 Å². The van der Waals surface area contributed by atoms with E-state index in [0.717, 1.165) is 32.8 Å². The highest BCUT2D eigenvalue weighted by atomic mass is 16.5. The minimum atomic E-state index is 0.443. The molecule has 0 aromatic heterocycles. The molecule has 4 heteroatoms. The van der Waals surface area contributed by atoms with Crippen LogP contribution >= 0.6 is 0 Å². The van der Waals surface area contributed by atoms with Crippen molar-refractivity contribution in [3.8, 4) is 0 Å². The van der Waals surface area contributed by atoms with Crippen LogP contribution in [-0.2, 0) is 16.0 Å². The smallest absolute Gasteiger partial charge is 0.0755 e. The summed E-state index contributed by atoms with van der Waals surface area (Å²) in [6, 6.07) is 6.80. The Hall–Kier alpha value is -1.10. The van der Waals surface area contributed by atoms with E-state index in [-0.39, 0.29) is 0 Å². The number of benzene rings is 1. The first-order valence-corrected chi connectivity index (χ1v) is 7.96. The predicted octanol–water partition coefficient (Wildman–Crippen LogP) is 2.10. The van der Waals surface area contributed by atoms with Crippen LogP contribution in [0.15, 0.2) is 18.2 Å². The highest BCUT2D eigenvalue weighted by Gasteiger charge is 2.34. The van der Waals surface area contributed by atoms with Gasteiger partial charge in [0.1, 0.15) is 0 Å². The zero-order chi connectivity index (χ0) is 14.7. The van der Waals surface area contributed by atoms with E-state index in [4.69, 9.17) is 9.47 Å². The SMILES string of the molecule is COCCNCc1ccc(N2CC3CCC(C2)O3)c(C)c1. The number of fused-ring (bicyclic) bond motifs is 2. The lowest BCUT2D eigenvalue weighted by Gasteiger charge is -2.35. The molecule has 0 aliphatic carbocycles. The number of anilines is 1. The zero-order valence-electron chi connectivity index (χ0n) is 13.1. The van der Waals surface area contributed by atoms with Crippen molar-refractivity contribution in [2.24, 2.45) is 0 Å². The maximum atomic E-state index is 5.93. The molecule has 1 aromatic rings. The highest BCUT2D eigenvalue weighted by molar-refractivity contribution is 5.55. The lowest BCUT2D eigenvalue weighted by atomic mass is 10.1. The van der Waals surface area contributed by atoms with Gasteiger partial charge in [-0.1, -0.05) is 12.1 Å². The van der Waals surface area contributed by atoms with Crippen molar-refractivity contribution in [3.05, 3.63) is 29.3 Å². The van der Waals surface area contributed by atoms with E-state index in [0.29, 0.717) is 12.2 Å². The first kappa shape index (κ1) is 14.8. The molecular weight excluding hydrogens is 264 g/mol. The van der Waals surface area contributed by atoms with Gasteiger partial charge in [0.05, 0.1) is 18.8 Å². The van der Waals surface area contributed by atoms with E-state index in [1.807, 2.05) is 0 Å². The molecule has 2 bridgehead atoms. The second-order valence-electron chi connectivity index (χ2n) is 6.15. The summed E-state index contributed by atoms with van der Waals surface area (Å²) < 4.78 is 11.0. The molecule has 2 atom stereocenters. The molecular formula is C17H26N2O2. The van der Waals surface area contributed by atoms with E-state index in [1.54, 1.807) is 7.11 Å². The van der Waals surface area contributed by atoms with Crippen molar-refractivity contribution in [2.75, 3.05) is 38.3 Å². The molecule has 2 heterocycles. The van der Waals surface area contributed by atoms with Gasteiger partial charge in [0.15, 0.2) is 0 Å². The van der Waals surface area contributed by atoms with Gasteiger partial charge in [-0.25, -0.2) is 0 Å². The maximum absolute atomic E-state index is 5.93. The number of hydrogen-bond donors (Lipinski definition) is 1. The van der Waals surface area contributed by atoms with E-state index < -0.39 is 0 Å². The average Bonchev–Trinajstić information content (AvgIpc) is 2.82. The van der Waals surface area contributed by atoms with Gasteiger partial charge in [0, 0.05) is 39.0 Å². The molecule has 116 valence electrons. The fraction of sp³-hybridized carbons (Fsp3) is 0.647. The molecule has 2 unspecified atom stereocenters. The monoisotopic (exact) mass is 290 g/mol. The van der Waals surface area contributed by atoms with Gasteiger partial charge < -0.3 is 19.7 Å². The van der Waals surface area contributed by atoms with Gasteiger partial charge in [0.25, 0.3) is 0 Å². The molecule has 2 saturated heterocycles. The molecule has 21 heavy (non-hydrogen) atoms. The Morgan fingerprint density at radius 1 is 1.29 bits per heavy atom. The molecule has 0 radical (unpaired) electrons. The van der Waals surface area contributed by atoms with Crippen molar-refractivity contribution in [2.45, 2.75) is 38.5 Å². The quantitative estimate of drug-likeness (QED) is 0.814. The molecule has 0 saturated carbocycles. The fourth-order valence-corrected chi connectivity index (χ4v) is 3.40. The number of hydrogen-bond acceptors (Lipinski definition) is 4. The number of aryl methyl sites for hydroxylation is 1. The first-order chi connectivity index (χ1) is 10.3. The number of nitrogens with one attached hydrogen (secondary N) is 1. The van der Waals surface area contributed by atoms with Crippen molar-refractivity contribution in [1.29, 1.82) is 0 Å². The van der Waals surface area contributed by atoms with E-state index in [9.17, 15) is 0 Å². The van der Waals surface area contributed by atoms with E-state index in [2.05, 4.69) is 35.3 Å². The summed E-state index contributed by atoms with van der Waals surface area (Å²) in [5.74, 6) is 0. The Labute approximate surface area is 127 Å². The van der Waals surface area contributed by atoms with Crippen LogP contribution in [0, 0.1) is 6.92 Å². The molecule has 1 aromatic carbocycles. The fourth-order valence-electron chi connectivity index (χ4n) is 3.40. The summed E-state index contributed by atoms with van der Waals surface area (Å²) in [5.41, 5.74) is 4.07. The van der Waals surface area contributed by atoms with Crippen LogP contribution in [0.25, 0.3) is 0 Å². The minimum Gasteiger partial charge on any atom is -0.383 e. The summed E-state index contributed by atoms with van der Waals surface area (Å²) in [4.78, 5) is 2.50. The van der Waals surface area contributed by atoms with Crippen molar-refractivity contribution >= 4 is 5.69 Å². The third kappa shape index (κ3) is 3.57. The average molecular weight is 290 g/mol. The molecule has 2 fully saturated rings. The predicted molar refractivity (Wildman–Crippen MR) is 84.9 cm³/mol. The second-order valence-corrected chi connectivity index (χ2v) is 6.15. The standard InChI is InChI=1S/C17H26N2O2/c1-13-9-14(10-18-7-8-20-2)3-6-17(13)19-11-15-4-5-16(12-19)21-15/h3,6,9,15-16,18H,4-5,7-8,10-12H2,1-2H3. The van der Waals surface area contributed by atoms with Crippen LogP contribution < -0.4 is 10.2 Å². The van der Waals surface area contributed by atoms with E-state index >= 15 is 0 Å². The Morgan fingerprint density at radius 2 is 2.05 bits per heavy atom. The number of rotatable bonds is 6. The lowest BCUT2D eigenvalue weighted by Crippen LogP contribution is -2.42. The Bertz CT molecular complexity index is 466. The maximum Gasteiger partial charge on any atom is 0.0755 e. The number of nitrogens with zero attached hydrogens (tertiary/aromatic N) is 1. The number of ether oxygens (including phenoxy) is 2. The normalized spacial score (nSPS) is 24.6. The van der Waals surface area contributed by atoms with Crippen LogP contribution in [0.4, 0.5) is 5.69 Å². The molecule has 1 N–H and O–H groups in total. The molecule has 0 spiro atoms. The molecule has 0 amide bonds. The van der Waals surface area contributed by atoms with Gasteiger partial charge in [-0.3, -0.25) is 0 Å². The second kappa shape index (κ2) is 6.77. The zero-order valence-corrected chi connectivity index (χ0v) is 13.1. The van der Waals surface area contributed by atoms with Gasteiger partial charge in [-0.05, 0) is 37.0 Å². The summed E-state index contributed by atoms with van der Waals surface area (Å²) in [6.45, 7) is 6.85. The summed E-state index contributed by atoms with van der Waals surface area (Å²) >= 11 is 0. The van der Waals surface area contributed by atoms with Crippen LogP contribution in [0.5, 0.6) is 0 Å². The summed E-state index contributed by atoms with van der Waals surface area (Å²) in [5, 5.41) is 3.39. The summed E-state index contributed by atoms with van der Waals surface area (Å²) in [7, 11) is 1.73. The van der Waals surface area contributed by atoms with Crippen molar-refractivity contribution in [3.63, 3.8) is 0 Å². The van der Waals surface area contributed by atoms with Crippen molar-refractivity contribution in [1.82, 2.24) is 5.32 Å². The van der Waals surface area contributed by atoms with Crippen LogP contribution in [0.1, 0.15) is 24.0 Å². The first-order valence-electron chi connectivity index (χ1n) is 7.96. The summed E-state index contributed by atoms with van der Waals surface area (Å²) in [6.07, 6.45) is 3.33. The largest absolute Gasteiger partial charge is 0.383 e. The van der Waals surface area contributed by atoms with Gasteiger partial charge in [-0.15, -0.1) is 0 Å². The van der Waals surface area contributed by atoms with E-state index in [1.165, 1.54) is 29.7 Å². The Morgan fingerprint density at radius 3 is 2.71 bits per heavy atom. The molecule has 2 aliphatic rings. The number of morpholine rings is 1. The lowest BCUT2D eigenvalue weighted by molar-refractivity contribution is 0.0304. The number of methoxy groups -OCH3 is 1. The topological polar surface area (TPSA) is 33.7 Å². The van der Waals surface area contributed by atoms with Gasteiger partial charge >= 0.3 is 0 Å². The molecule has 3 rings (SSSR count). The van der Waals surface area contributed by atoms with Crippen LogP contribution in [-0.4, -0.2) is 45.6 Å². The van der Waals surface area contributed by atoms with Gasteiger partial charge in [-0.2, -0.15) is 0 Å². The third-order valence-corrected chi connectivity index (χ3v) is 4.46. The van der Waals surface area contributed by atoms with Gasteiger partial charge in [0.2, 0.25) is 0 Å². The Balaban J connectivity index is 1.61. The van der Waals surface area contributed by atoms with Crippen molar-refractivity contribution < 1.29 is 9.47 Å². The minimum absolute atomic E-state index is 0.443. The Kier molecular flexibility index (Phi) is 4.78. The highest BCUT2D eigenvalue weighted by Crippen LogP contribution is 2.31. The molecule has 4 nitrogen and oxygen atoms in total.